The molecule has 1 aromatic rings. The highest BCUT2D eigenvalue weighted by Gasteiger charge is 2.33. The van der Waals surface area contributed by atoms with Gasteiger partial charge in [-0.15, -0.1) is 0 Å². The Balaban J connectivity index is 2.31. The minimum Gasteiger partial charge on any atom is -0.491 e. The van der Waals surface area contributed by atoms with Gasteiger partial charge >= 0.3 is 0 Å². The number of carbonyl (C=O) groups excluding carboxylic acids is 2. The lowest BCUT2D eigenvalue weighted by Gasteiger charge is -2.34. The van der Waals surface area contributed by atoms with Gasteiger partial charge in [-0.05, 0) is 24.6 Å². The van der Waals surface area contributed by atoms with Crippen LogP contribution in [0, 0.1) is 0 Å². The van der Waals surface area contributed by atoms with Crippen molar-refractivity contribution < 1.29 is 14.3 Å². The average molecular weight is 326 g/mol. The van der Waals surface area contributed by atoms with Gasteiger partial charge in [0.25, 0.3) is 5.91 Å². The van der Waals surface area contributed by atoms with E-state index in [1.54, 1.807) is 23.1 Å². The number of nitrogens with two attached hydrogens (primary N) is 1. The molecule has 1 heterocycles. The first kappa shape index (κ1) is 16.6. The van der Waals surface area contributed by atoms with Crippen molar-refractivity contribution in [3.05, 3.63) is 28.8 Å². The Morgan fingerprint density at radius 3 is 3.00 bits per heavy atom. The summed E-state index contributed by atoms with van der Waals surface area (Å²) in [5.74, 6) is 0.0467. The normalized spacial score (nSPS) is 18.0. The number of nitrogens with one attached hydrogen (secondary N) is 1. The fourth-order valence-electron chi connectivity index (χ4n) is 2.48. The maximum atomic E-state index is 12.8. The van der Waals surface area contributed by atoms with Crippen LogP contribution in [0.5, 0.6) is 5.75 Å². The Kier molecular flexibility index (Phi) is 5.63. The first-order valence-electron chi connectivity index (χ1n) is 7.29. The van der Waals surface area contributed by atoms with E-state index in [4.69, 9.17) is 22.1 Å². The van der Waals surface area contributed by atoms with Crippen LogP contribution in [0.25, 0.3) is 0 Å². The second-order valence-electron chi connectivity index (χ2n) is 4.99. The molecule has 3 N–H and O–H groups in total. The van der Waals surface area contributed by atoms with E-state index in [2.05, 4.69) is 5.32 Å². The summed E-state index contributed by atoms with van der Waals surface area (Å²) in [7, 11) is 0. The SMILES string of the molecule is CCC1C(=O)NCCN1C(=O)c1cc(Cl)ccc1OCCN. The van der Waals surface area contributed by atoms with E-state index in [1.807, 2.05) is 6.92 Å². The first-order chi connectivity index (χ1) is 10.6. The molecular formula is C15H20ClN3O3. The lowest BCUT2D eigenvalue weighted by molar-refractivity contribution is -0.127. The van der Waals surface area contributed by atoms with Gasteiger partial charge in [0.1, 0.15) is 18.4 Å². The predicted molar refractivity (Wildman–Crippen MR) is 84.1 cm³/mol. The molecule has 2 amide bonds. The zero-order chi connectivity index (χ0) is 16.1. The van der Waals surface area contributed by atoms with E-state index < -0.39 is 6.04 Å². The van der Waals surface area contributed by atoms with Crippen LogP contribution in [0.4, 0.5) is 0 Å². The number of piperazine rings is 1. The van der Waals surface area contributed by atoms with Gasteiger partial charge in [0.2, 0.25) is 5.91 Å². The third-order valence-electron chi connectivity index (χ3n) is 3.53. The van der Waals surface area contributed by atoms with Gasteiger partial charge in [-0.3, -0.25) is 9.59 Å². The van der Waals surface area contributed by atoms with E-state index in [1.165, 1.54) is 0 Å². The topological polar surface area (TPSA) is 84.7 Å². The number of hydrogen-bond donors (Lipinski definition) is 2. The molecule has 0 aliphatic carbocycles. The highest BCUT2D eigenvalue weighted by atomic mass is 35.5. The molecule has 6 nitrogen and oxygen atoms in total. The number of hydrogen-bond acceptors (Lipinski definition) is 4. The summed E-state index contributed by atoms with van der Waals surface area (Å²) in [6, 6.07) is 4.40. The lowest BCUT2D eigenvalue weighted by atomic mass is 10.1. The van der Waals surface area contributed by atoms with Crippen LogP contribution >= 0.6 is 11.6 Å². The van der Waals surface area contributed by atoms with Gasteiger partial charge in [-0.1, -0.05) is 18.5 Å². The van der Waals surface area contributed by atoms with Crippen molar-refractivity contribution in [2.24, 2.45) is 5.73 Å². The van der Waals surface area contributed by atoms with Gasteiger partial charge in [-0.2, -0.15) is 0 Å². The molecule has 1 aliphatic heterocycles. The number of amides is 2. The quantitative estimate of drug-likeness (QED) is 0.846. The van der Waals surface area contributed by atoms with Crippen LogP contribution in [-0.4, -0.2) is 49.0 Å². The minimum atomic E-state index is -0.470. The second kappa shape index (κ2) is 7.47. The van der Waals surface area contributed by atoms with Gasteiger partial charge in [0, 0.05) is 24.7 Å². The maximum Gasteiger partial charge on any atom is 0.258 e. The summed E-state index contributed by atoms with van der Waals surface area (Å²) in [6.45, 7) is 3.44. The molecule has 0 saturated carbocycles. The summed E-state index contributed by atoms with van der Waals surface area (Å²) in [5, 5.41) is 3.22. The first-order valence-corrected chi connectivity index (χ1v) is 7.67. The van der Waals surface area contributed by atoms with Crippen LogP contribution in [-0.2, 0) is 4.79 Å². The summed E-state index contributed by atoms with van der Waals surface area (Å²) in [6.07, 6.45) is 0.553. The third-order valence-corrected chi connectivity index (χ3v) is 3.76. The predicted octanol–water partition coefficient (Wildman–Crippen LogP) is 1.03. The van der Waals surface area contributed by atoms with Crippen molar-refractivity contribution in [2.45, 2.75) is 19.4 Å². The van der Waals surface area contributed by atoms with Crippen LogP contribution in [0.1, 0.15) is 23.7 Å². The maximum absolute atomic E-state index is 12.8. The minimum absolute atomic E-state index is 0.131. The van der Waals surface area contributed by atoms with E-state index >= 15 is 0 Å². The van der Waals surface area contributed by atoms with Crippen LogP contribution < -0.4 is 15.8 Å². The van der Waals surface area contributed by atoms with E-state index in [0.29, 0.717) is 49.0 Å². The van der Waals surface area contributed by atoms with Crippen molar-refractivity contribution in [2.75, 3.05) is 26.2 Å². The molecule has 22 heavy (non-hydrogen) atoms. The monoisotopic (exact) mass is 325 g/mol. The zero-order valence-electron chi connectivity index (χ0n) is 12.5. The molecule has 1 fully saturated rings. The molecule has 1 aliphatic rings. The van der Waals surface area contributed by atoms with Crippen LogP contribution in [0.3, 0.4) is 0 Å². The number of carbonyl (C=O) groups is 2. The van der Waals surface area contributed by atoms with Gasteiger partial charge in [0.05, 0.1) is 5.56 Å². The van der Waals surface area contributed by atoms with E-state index in [-0.39, 0.29) is 11.8 Å². The number of rotatable bonds is 5. The number of ether oxygens (including phenoxy) is 1. The molecule has 2 rings (SSSR count). The van der Waals surface area contributed by atoms with Crippen LogP contribution in [0.2, 0.25) is 5.02 Å². The number of halogens is 1. The summed E-state index contributed by atoms with van der Waals surface area (Å²) < 4.78 is 5.52. The standard InChI is InChI=1S/C15H20ClN3O3/c1-2-12-14(20)18-6-7-19(12)15(21)11-9-10(16)3-4-13(11)22-8-5-17/h3-4,9,12H,2,5-8,17H2,1H3,(H,18,20). The summed E-state index contributed by atoms with van der Waals surface area (Å²) in [4.78, 5) is 26.3. The molecule has 1 atom stereocenters. The lowest BCUT2D eigenvalue weighted by Crippen LogP contribution is -2.56. The Labute approximate surface area is 134 Å². The summed E-state index contributed by atoms with van der Waals surface area (Å²) >= 11 is 6.00. The smallest absolute Gasteiger partial charge is 0.258 e. The van der Waals surface area contributed by atoms with Crippen molar-refractivity contribution >= 4 is 23.4 Å². The zero-order valence-corrected chi connectivity index (χ0v) is 13.2. The van der Waals surface area contributed by atoms with Gasteiger partial charge in [-0.25, -0.2) is 0 Å². The Morgan fingerprint density at radius 1 is 1.55 bits per heavy atom. The Bertz CT molecular complexity index is 565. The van der Waals surface area contributed by atoms with Crippen molar-refractivity contribution in [1.82, 2.24) is 10.2 Å². The molecule has 0 bridgehead atoms. The Morgan fingerprint density at radius 2 is 2.32 bits per heavy atom. The van der Waals surface area contributed by atoms with Crippen molar-refractivity contribution in [1.29, 1.82) is 0 Å². The van der Waals surface area contributed by atoms with Gasteiger partial charge < -0.3 is 20.7 Å². The molecule has 120 valence electrons. The molecule has 0 radical (unpaired) electrons. The number of benzene rings is 1. The van der Waals surface area contributed by atoms with Crippen LogP contribution in [0.15, 0.2) is 18.2 Å². The highest BCUT2D eigenvalue weighted by Crippen LogP contribution is 2.26. The number of nitrogens with zero attached hydrogens (tertiary/aromatic N) is 1. The molecule has 0 spiro atoms. The fourth-order valence-corrected chi connectivity index (χ4v) is 2.65. The summed E-state index contributed by atoms with van der Waals surface area (Å²) in [5.41, 5.74) is 5.79. The largest absolute Gasteiger partial charge is 0.491 e. The van der Waals surface area contributed by atoms with E-state index in [9.17, 15) is 9.59 Å². The van der Waals surface area contributed by atoms with Crippen molar-refractivity contribution in [3.8, 4) is 5.75 Å². The van der Waals surface area contributed by atoms with Gasteiger partial charge in [0.15, 0.2) is 0 Å². The highest BCUT2D eigenvalue weighted by molar-refractivity contribution is 6.31. The third kappa shape index (κ3) is 3.51. The molecular weight excluding hydrogens is 306 g/mol. The molecule has 1 unspecified atom stereocenters. The second-order valence-corrected chi connectivity index (χ2v) is 5.43. The molecule has 7 heteroatoms. The van der Waals surface area contributed by atoms with Crippen molar-refractivity contribution in [3.63, 3.8) is 0 Å². The van der Waals surface area contributed by atoms with E-state index in [0.717, 1.165) is 0 Å². The molecule has 0 aromatic heterocycles. The molecule has 1 saturated heterocycles. The molecule has 1 aromatic carbocycles. The Hall–Kier alpha value is -1.79. The fraction of sp³-hybridized carbons (Fsp3) is 0.467. The average Bonchev–Trinajstić information content (AvgIpc) is 2.52.